The van der Waals surface area contributed by atoms with Crippen molar-refractivity contribution in [2.75, 3.05) is 30.5 Å². The van der Waals surface area contributed by atoms with Crippen molar-refractivity contribution in [1.29, 1.82) is 0 Å². The minimum atomic E-state index is -0.108. The number of carbonyl (C=O) groups is 1. The molecule has 18 heavy (non-hydrogen) atoms. The maximum atomic E-state index is 11.2. The highest BCUT2D eigenvalue weighted by molar-refractivity contribution is 5.95. The van der Waals surface area contributed by atoms with Gasteiger partial charge in [-0.25, -0.2) is 0 Å². The number of ether oxygens (including phenoxy) is 2. The van der Waals surface area contributed by atoms with E-state index in [-0.39, 0.29) is 12.5 Å². The molecule has 5 heteroatoms. The van der Waals surface area contributed by atoms with Crippen LogP contribution in [0.4, 0.5) is 11.4 Å². The molecule has 2 aliphatic heterocycles. The van der Waals surface area contributed by atoms with Gasteiger partial charge in [-0.05, 0) is 25.0 Å². The molecule has 0 saturated carbocycles. The second-order valence-corrected chi connectivity index (χ2v) is 4.61. The Morgan fingerprint density at radius 1 is 1.39 bits per heavy atom. The Morgan fingerprint density at radius 3 is 3.17 bits per heavy atom. The molecule has 2 N–H and O–H groups in total. The molecule has 0 spiro atoms. The molecule has 1 saturated heterocycles. The van der Waals surface area contributed by atoms with Gasteiger partial charge >= 0.3 is 0 Å². The Morgan fingerprint density at radius 2 is 2.33 bits per heavy atom. The van der Waals surface area contributed by atoms with E-state index >= 15 is 0 Å². The van der Waals surface area contributed by atoms with Gasteiger partial charge in [-0.15, -0.1) is 0 Å². The van der Waals surface area contributed by atoms with E-state index in [1.807, 2.05) is 18.2 Å². The van der Waals surface area contributed by atoms with Crippen molar-refractivity contribution in [2.45, 2.75) is 18.9 Å². The number of fused-ring (bicyclic) bond motifs is 1. The Labute approximate surface area is 105 Å². The molecule has 0 aliphatic carbocycles. The lowest BCUT2D eigenvalue weighted by molar-refractivity contribution is -0.118. The van der Waals surface area contributed by atoms with Gasteiger partial charge in [0, 0.05) is 24.4 Å². The average molecular weight is 248 g/mol. The molecule has 1 aromatic carbocycles. The average Bonchev–Trinajstić information content (AvgIpc) is 2.40. The van der Waals surface area contributed by atoms with E-state index in [9.17, 15) is 4.79 Å². The van der Waals surface area contributed by atoms with Crippen LogP contribution in [0, 0.1) is 0 Å². The molecule has 2 aliphatic rings. The summed E-state index contributed by atoms with van der Waals surface area (Å²) in [6, 6.07) is 6.08. The van der Waals surface area contributed by atoms with E-state index in [1.54, 1.807) is 0 Å². The van der Waals surface area contributed by atoms with E-state index < -0.39 is 0 Å². The fourth-order valence-corrected chi connectivity index (χ4v) is 2.25. The van der Waals surface area contributed by atoms with Crippen molar-refractivity contribution in [3.63, 3.8) is 0 Å². The molecule has 1 unspecified atom stereocenters. The SMILES string of the molecule is O=C1COc2cc(NC3CCCOC3)ccc2N1. The molecule has 2 heterocycles. The molecule has 96 valence electrons. The van der Waals surface area contributed by atoms with Crippen LogP contribution >= 0.6 is 0 Å². The summed E-state index contributed by atoms with van der Waals surface area (Å²) >= 11 is 0. The molecule has 1 atom stereocenters. The number of hydrogen-bond donors (Lipinski definition) is 2. The van der Waals surface area contributed by atoms with Gasteiger partial charge in [0.2, 0.25) is 0 Å². The number of anilines is 2. The van der Waals surface area contributed by atoms with Crippen molar-refractivity contribution < 1.29 is 14.3 Å². The molecule has 5 nitrogen and oxygen atoms in total. The van der Waals surface area contributed by atoms with Gasteiger partial charge < -0.3 is 20.1 Å². The van der Waals surface area contributed by atoms with Gasteiger partial charge in [0.05, 0.1) is 12.3 Å². The number of amides is 1. The van der Waals surface area contributed by atoms with E-state index in [0.29, 0.717) is 6.04 Å². The van der Waals surface area contributed by atoms with Crippen LogP contribution in [0.25, 0.3) is 0 Å². The van der Waals surface area contributed by atoms with Gasteiger partial charge in [0.1, 0.15) is 5.75 Å². The standard InChI is InChI=1S/C13H16N2O3/c16-13-8-18-12-6-9(3-4-11(12)15-13)14-10-2-1-5-17-7-10/h3-4,6,10,14H,1-2,5,7-8H2,(H,15,16). The van der Waals surface area contributed by atoms with E-state index in [0.717, 1.165) is 43.2 Å². The first-order valence-electron chi connectivity index (χ1n) is 6.22. The maximum Gasteiger partial charge on any atom is 0.262 e. The third-order valence-electron chi connectivity index (χ3n) is 3.15. The van der Waals surface area contributed by atoms with Crippen LogP contribution in [0.1, 0.15) is 12.8 Å². The van der Waals surface area contributed by atoms with Gasteiger partial charge in [-0.2, -0.15) is 0 Å². The van der Waals surface area contributed by atoms with Crippen LogP contribution in [0.5, 0.6) is 5.75 Å². The van der Waals surface area contributed by atoms with Crippen LogP contribution in [0.2, 0.25) is 0 Å². The van der Waals surface area contributed by atoms with Crippen LogP contribution in [0.15, 0.2) is 18.2 Å². The molecular formula is C13H16N2O3. The summed E-state index contributed by atoms with van der Waals surface area (Å²) in [5.41, 5.74) is 1.73. The first kappa shape index (κ1) is 11.3. The Balaban J connectivity index is 1.71. The molecule has 1 fully saturated rings. The highest BCUT2D eigenvalue weighted by atomic mass is 16.5. The summed E-state index contributed by atoms with van der Waals surface area (Å²) in [6.07, 6.45) is 2.21. The molecule has 0 aromatic heterocycles. The van der Waals surface area contributed by atoms with Crippen LogP contribution < -0.4 is 15.4 Å². The van der Waals surface area contributed by atoms with Crippen LogP contribution in [-0.4, -0.2) is 31.8 Å². The molecule has 0 radical (unpaired) electrons. The monoisotopic (exact) mass is 248 g/mol. The van der Waals surface area contributed by atoms with Crippen LogP contribution in [-0.2, 0) is 9.53 Å². The smallest absolute Gasteiger partial charge is 0.262 e. The van der Waals surface area contributed by atoms with E-state index in [2.05, 4.69) is 10.6 Å². The lowest BCUT2D eigenvalue weighted by Crippen LogP contribution is -2.30. The fourth-order valence-electron chi connectivity index (χ4n) is 2.25. The summed E-state index contributed by atoms with van der Waals surface area (Å²) in [5, 5.41) is 6.20. The van der Waals surface area contributed by atoms with E-state index in [4.69, 9.17) is 9.47 Å². The Hall–Kier alpha value is -1.75. The molecule has 1 amide bonds. The van der Waals surface area contributed by atoms with Crippen molar-refractivity contribution in [3.05, 3.63) is 18.2 Å². The zero-order chi connectivity index (χ0) is 12.4. The number of carbonyl (C=O) groups excluding carboxylic acids is 1. The minimum Gasteiger partial charge on any atom is -0.482 e. The number of benzene rings is 1. The molecular weight excluding hydrogens is 232 g/mol. The largest absolute Gasteiger partial charge is 0.482 e. The number of rotatable bonds is 2. The van der Waals surface area contributed by atoms with Gasteiger partial charge in [-0.1, -0.05) is 0 Å². The highest BCUT2D eigenvalue weighted by Gasteiger charge is 2.18. The summed E-state index contributed by atoms with van der Waals surface area (Å²) in [7, 11) is 0. The predicted molar refractivity (Wildman–Crippen MR) is 68.0 cm³/mol. The fraction of sp³-hybridized carbons (Fsp3) is 0.462. The zero-order valence-corrected chi connectivity index (χ0v) is 10.1. The van der Waals surface area contributed by atoms with Gasteiger partial charge in [-0.3, -0.25) is 4.79 Å². The zero-order valence-electron chi connectivity index (χ0n) is 10.1. The van der Waals surface area contributed by atoms with Crippen LogP contribution in [0.3, 0.4) is 0 Å². The second kappa shape index (κ2) is 4.86. The van der Waals surface area contributed by atoms with Crippen molar-refractivity contribution in [2.24, 2.45) is 0 Å². The summed E-state index contributed by atoms with van der Waals surface area (Å²) in [4.78, 5) is 11.2. The highest BCUT2D eigenvalue weighted by Crippen LogP contribution is 2.31. The van der Waals surface area contributed by atoms with Crippen molar-refractivity contribution in [1.82, 2.24) is 0 Å². The van der Waals surface area contributed by atoms with Gasteiger partial charge in [0.25, 0.3) is 5.91 Å². The van der Waals surface area contributed by atoms with Crippen molar-refractivity contribution >= 4 is 17.3 Å². The van der Waals surface area contributed by atoms with Crippen molar-refractivity contribution in [3.8, 4) is 5.75 Å². The first-order valence-corrected chi connectivity index (χ1v) is 6.22. The third kappa shape index (κ3) is 2.41. The molecule has 1 aromatic rings. The Kier molecular flexibility index (Phi) is 3.06. The quantitative estimate of drug-likeness (QED) is 0.834. The molecule has 0 bridgehead atoms. The third-order valence-corrected chi connectivity index (χ3v) is 3.15. The predicted octanol–water partition coefficient (Wildman–Crippen LogP) is 1.61. The summed E-state index contributed by atoms with van der Waals surface area (Å²) < 4.78 is 10.8. The second-order valence-electron chi connectivity index (χ2n) is 4.61. The summed E-state index contributed by atoms with van der Waals surface area (Å²) in [5.74, 6) is 0.611. The minimum absolute atomic E-state index is 0.0863. The number of hydrogen-bond acceptors (Lipinski definition) is 4. The molecule has 3 rings (SSSR count). The summed E-state index contributed by atoms with van der Waals surface area (Å²) in [6.45, 7) is 1.69. The lowest BCUT2D eigenvalue weighted by Gasteiger charge is -2.25. The maximum absolute atomic E-state index is 11.2. The first-order chi connectivity index (χ1) is 8.81. The topological polar surface area (TPSA) is 59.6 Å². The van der Waals surface area contributed by atoms with Gasteiger partial charge in [0.15, 0.2) is 6.61 Å². The van der Waals surface area contributed by atoms with E-state index in [1.165, 1.54) is 0 Å². The number of nitrogens with one attached hydrogen (secondary N) is 2. The normalized spacial score (nSPS) is 22.7. The Bertz CT molecular complexity index is 456. The lowest BCUT2D eigenvalue weighted by atomic mass is 10.1.